The number of nitrogens with zero attached hydrogens (tertiary/aromatic N) is 1. The highest BCUT2D eigenvalue weighted by Gasteiger charge is 2.16. The lowest BCUT2D eigenvalue weighted by Crippen LogP contribution is -1.99. The first-order chi connectivity index (χ1) is 10.1. The van der Waals surface area contributed by atoms with Crippen molar-refractivity contribution in [3.8, 4) is 0 Å². The molecule has 0 N–H and O–H groups in total. The van der Waals surface area contributed by atoms with Crippen LogP contribution in [0.1, 0.15) is 21.7 Å². The first-order valence-electron chi connectivity index (χ1n) is 6.34. The molecule has 0 saturated heterocycles. The Morgan fingerprint density at radius 1 is 1.14 bits per heavy atom. The standard InChI is InChI=1S/C16H11NO4/c1-10-3-2-4-12-9-14(21-16(10)12)15(18)11-5-7-13(8-6-11)17(19)20/h2-9H,1H3. The zero-order chi connectivity index (χ0) is 15.0. The Morgan fingerprint density at radius 2 is 1.86 bits per heavy atom. The third-order valence-corrected chi connectivity index (χ3v) is 3.31. The Balaban J connectivity index is 2.00. The molecule has 0 unspecified atom stereocenters. The zero-order valence-electron chi connectivity index (χ0n) is 11.2. The molecular weight excluding hydrogens is 270 g/mol. The van der Waals surface area contributed by atoms with Gasteiger partial charge in [-0.3, -0.25) is 14.9 Å². The Hall–Kier alpha value is -2.95. The van der Waals surface area contributed by atoms with E-state index in [4.69, 9.17) is 4.42 Å². The molecule has 0 radical (unpaired) electrons. The van der Waals surface area contributed by atoms with Gasteiger partial charge in [0.1, 0.15) is 5.58 Å². The van der Waals surface area contributed by atoms with E-state index in [1.165, 1.54) is 24.3 Å². The average Bonchev–Trinajstić information content (AvgIpc) is 2.92. The lowest BCUT2D eigenvalue weighted by Gasteiger charge is -1.97. The second-order valence-electron chi connectivity index (χ2n) is 4.74. The molecule has 3 rings (SSSR count). The topological polar surface area (TPSA) is 73.3 Å². The molecule has 0 aliphatic rings. The van der Waals surface area contributed by atoms with E-state index in [9.17, 15) is 14.9 Å². The molecule has 5 nitrogen and oxygen atoms in total. The molecule has 0 bridgehead atoms. The normalized spacial score (nSPS) is 10.7. The maximum atomic E-state index is 12.3. The number of rotatable bonds is 3. The number of nitro groups is 1. The Kier molecular flexibility index (Phi) is 3.02. The van der Waals surface area contributed by atoms with E-state index in [-0.39, 0.29) is 17.2 Å². The summed E-state index contributed by atoms with van der Waals surface area (Å²) < 4.78 is 5.61. The van der Waals surface area contributed by atoms with Crippen LogP contribution >= 0.6 is 0 Å². The van der Waals surface area contributed by atoms with Crippen LogP contribution in [-0.2, 0) is 0 Å². The molecule has 104 valence electrons. The summed E-state index contributed by atoms with van der Waals surface area (Å²) >= 11 is 0. The average molecular weight is 281 g/mol. The summed E-state index contributed by atoms with van der Waals surface area (Å²) in [6.07, 6.45) is 0. The minimum atomic E-state index is -0.501. The molecule has 1 heterocycles. The summed E-state index contributed by atoms with van der Waals surface area (Å²) in [6.45, 7) is 1.91. The van der Waals surface area contributed by atoms with Gasteiger partial charge in [-0.15, -0.1) is 0 Å². The van der Waals surface area contributed by atoms with Crippen molar-refractivity contribution >= 4 is 22.4 Å². The van der Waals surface area contributed by atoms with Crippen LogP contribution in [0.5, 0.6) is 0 Å². The molecule has 0 aliphatic carbocycles. The van der Waals surface area contributed by atoms with Crippen LogP contribution in [0, 0.1) is 17.0 Å². The van der Waals surface area contributed by atoms with Gasteiger partial charge in [-0.2, -0.15) is 0 Å². The molecule has 1 aromatic heterocycles. The zero-order valence-corrected chi connectivity index (χ0v) is 11.2. The number of ketones is 1. The summed E-state index contributed by atoms with van der Waals surface area (Å²) in [7, 11) is 0. The second-order valence-corrected chi connectivity index (χ2v) is 4.74. The van der Waals surface area contributed by atoms with E-state index in [2.05, 4.69) is 0 Å². The molecule has 0 spiro atoms. The largest absolute Gasteiger partial charge is 0.452 e. The fourth-order valence-electron chi connectivity index (χ4n) is 2.20. The number of nitro benzene ring substituents is 1. The minimum absolute atomic E-state index is 0.0491. The molecule has 3 aromatic rings. The number of hydrogen-bond donors (Lipinski definition) is 0. The summed E-state index contributed by atoms with van der Waals surface area (Å²) in [5.74, 6) is -0.0614. The van der Waals surface area contributed by atoms with Crippen molar-refractivity contribution in [2.24, 2.45) is 0 Å². The number of benzene rings is 2. The number of fused-ring (bicyclic) bond motifs is 1. The third-order valence-electron chi connectivity index (χ3n) is 3.31. The van der Waals surface area contributed by atoms with E-state index in [1.807, 2.05) is 25.1 Å². The second kappa shape index (κ2) is 4.86. The number of carbonyl (C=O) groups is 1. The summed E-state index contributed by atoms with van der Waals surface area (Å²) in [4.78, 5) is 22.5. The predicted molar refractivity (Wildman–Crippen MR) is 77.5 cm³/mol. The lowest BCUT2D eigenvalue weighted by atomic mass is 10.1. The Morgan fingerprint density at radius 3 is 2.48 bits per heavy atom. The van der Waals surface area contributed by atoms with Gasteiger partial charge >= 0.3 is 0 Å². The quantitative estimate of drug-likeness (QED) is 0.415. The summed E-state index contributed by atoms with van der Waals surface area (Å²) in [5.41, 5.74) is 1.95. The molecule has 21 heavy (non-hydrogen) atoms. The molecule has 0 saturated carbocycles. The van der Waals surface area contributed by atoms with E-state index in [1.54, 1.807) is 6.07 Å². The van der Waals surface area contributed by atoms with Crippen LogP contribution in [-0.4, -0.2) is 10.7 Å². The maximum Gasteiger partial charge on any atom is 0.269 e. The number of carbonyl (C=O) groups excluding carboxylic acids is 1. The molecule has 2 aromatic carbocycles. The van der Waals surface area contributed by atoms with Crippen molar-refractivity contribution in [1.29, 1.82) is 0 Å². The van der Waals surface area contributed by atoms with Gasteiger partial charge in [-0.25, -0.2) is 0 Å². The fraction of sp³-hybridized carbons (Fsp3) is 0.0625. The van der Waals surface area contributed by atoms with Crippen LogP contribution in [0.15, 0.2) is 52.9 Å². The third kappa shape index (κ3) is 2.29. The molecule has 5 heteroatoms. The number of non-ortho nitro benzene ring substituents is 1. The highest BCUT2D eigenvalue weighted by Crippen LogP contribution is 2.24. The van der Waals surface area contributed by atoms with Gasteiger partial charge in [0.25, 0.3) is 5.69 Å². The van der Waals surface area contributed by atoms with Crippen molar-refractivity contribution in [1.82, 2.24) is 0 Å². The number of para-hydroxylation sites is 1. The van der Waals surface area contributed by atoms with Crippen LogP contribution in [0.4, 0.5) is 5.69 Å². The highest BCUT2D eigenvalue weighted by atomic mass is 16.6. The van der Waals surface area contributed by atoms with E-state index < -0.39 is 4.92 Å². The van der Waals surface area contributed by atoms with Crippen molar-refractivity contribution in [2.75, 3.05) is 0 Å². The predicted octanol–water partition coefficient (Wildman–Crippen LogP) is 3.88. The lowest BCUT2D eigenvalue weighted by molar-refractivity contribution is -0.384. The van der Waals surface area contributed by atoms with Gasteiger partial charge in [-0.1, -0.05) is 18.2 Å². The van der Waals surface area contributed by atoms with Gasteiger partial charge < -0.3 is 4.42 Å². The van der Waals surface area contributed by atoms with Crippen molar-refractivity contribution < 1.29 is 14.1 Å². The van der Waals surface area contributed by atoms with Crippen molar-refractivity contribution in [3.63, 3.8) is 0 Å². The van der Waals surface area contributed by atoms with Crippen LogP contribution in [0.25, 0.3) is 11.0 Å². The van der Waals surface area contributed by atoms with Gasteiger partial charge in [0.05, 0.1) is 4.92 Å². The van der Waals surface area contributed by atoms with Crippen molar-refractivity contribution in [3.05, 3.63) is 75.5 Å². The highest BCUT2D eigenvalue weighted by molar-refractivity contribution is 6.09. The maximum absolute atomic E-state index is 12.3. The Bertz CT molecular complexity index is 846. The summed E-state index contributed by atoms with van der Waals surface area (Å²) in [5, 5.41) is 11.5. The first-order valence-corrected chi connectivity index (χ1v) is 6.34. The van der Waals surface area contributed by atoms with E-state index in [0.29, 0.717) is 11.1 Å². The van der Waals surface area contributed by atoms with E-state index >= 15 is 0 Å². The van der Waals surface area contributed by atoms with Gasteiger partial charge in [-0.05, 0) is 30.7 Å². The SMILES string of the molecule is Cc1cccc2cc(C(=O)c3ccc([N+](=O)[O-])cc3)oc12. The monoisotopic (exact) mass is 281 g/mol. The molecule has 0 amide bonds. The van der Waals surface area contributed by atoms with Gasteiger partial charge in [0.15, 0.2) is 5.76 Å². The minimum Gasteiger partial charge on any atom is -0.452 e. The fourth-order valence-corrected chi connectivity index (χ4v) is 2.20. The smallest absolute Gasteiger partial charge is 0.269 e. The molecule has 0 fully saturated rings. The van der Waals surface area contributed by atoms with Crippen molar-refractivity contribution in [2.45, 2.75) is 6.92 Å². The van der Waals surface area contributed by atoms with Gasteiger partial charge in [0.2, 0.25) is 5.78 Å². The van der Waals surface area contributed by atoms with Crippen LogP contribution < -0.4 is 0 Å². The molecular formula is C16H11NO4. The number of hydrogen-bond acceptors (Lipinski definition) is 4. The summed E-state index contributed by atoms with van der Waals surface area (Å²) in [6, 6.07) is 12.8. The number of aryl methyl sites for hydroxylation is 1. The van der Waals surface area contributed by atoms with E-state index in [0.717, 1.165) is 10.9 Å². The Labute approximate surface area is 120 Å². The number of furan rings is 1. The van der Waals surface area contributed by atoms with Crippen LogP contribution in [0.3, 0.4) is 0 Å². The molecule has 0 aliphatic heterocycles. The van der Waals surface area contributed by atoms with Crippen LogP contribution in [0.2, 0.25) is 0 Å². The first kappa shape index (κ1) is 13.1. The van der Waals surface area contributed by atoms with Gasteiger partial charge in [0, 0.05) is 23.1 Å². The molecule has 0 atom stereocenters.